The smallest absolute Gasteiger partial charge is 0.329 e. The van der Waals surface area contributed by atoms with Crippen molar-refractivity contribution >= 4 is 17.7 Å². The largest absolute Gasteiger partial charge is 0.480 e. The number of amides is 2. The summed E-state index contributed by atoms with van der Waals surface area (Å²) < 4.78 is 26.8. The summed E-state index contributed by atoms with van der Waals surface area (Å²) in [4.78, 5) is 23.0. The molecule has 20 heavy (non-hydrogen) atoms. The summed E-state index contributed by atoms with van der Waals surface area (Å²) in [6, 6.07) is 2.24. The highest BCUT2D eigenvalue weighted by molar-refractivity contribution is 5.94. The molecule has 5 nitrogen and oxygen atoms in total. The Hall–Kier alpha value is -2.18. The third kappa shape index (κ3) is 2.71. The zero-order valence-electron chi connectivity index (χ0n) is 10.6. The van der Waals surface area contributed by atoms with Crippen molar-refractivity contribution in [3.8, 4) is 0 Å². The van der Waals surface area contributed by atoms with Crippen molar-refractivity contribution in [2.24, 2.45) is 0 Å². The van der Waals surface area contributed by atoms with Crippen molar-refractivity contribution in [3.05, 3.63) is 29.8 Å². The molecule has 0 aliphatic heterocycles. The van der Waals surface area contributed by atoms with Gasteiger partial charge in [0, 0.05) is 0 Å². The number of rotatable bonds is 3. The van der Waals surface area contributed by atoms with Gasteiger partial charge < -0.3 is 15.7 Å². The molecule has 0 heterocycles. The van der Waals surface area contributed by atoms with Gasteiger partial charge in [-0.3, -0.25) is 0 Å². The molecule has 0 radical (unpaired) electrons. The predicted molar refractivity (Wildman–Crippen MR) is 67.3 cm³/mol. The molecule has 0 aromatic heterocycles. The quantitative estimate of drug-likeness (QED) is 0.798. The van der Waals surface area contributed by atoms with Crippen molar-refractivity contribution in [2.75, 3.05) is 5.32 Å². The van der Waals surface area contributed by atoms with Gasteiger partial charge in [0.1, 0.15) is 22.9 Å². The van der Waals surface area contributed by atoms with Crippen LogP contribution in [0.2, 0.25) is 0 Å². The highest BCUT2D eigenvalue weighted by Gasteiger charge is 2.42. The molecule has 0 bridgehead atoms. The molecule has 3 N–H and O–H groups in total. The van der Waals surface area contributed by atoms with Gasteiger partial charge in [-0.2, -0.15) is 0 Å². The summed E-state index contributed by atoms with van der Waals surface area (Å²) in [6.07, 6.45) is 1.96. The predicted octanol–water partition coefficient (Wildman–Crippen LogP) is 2.48. The van der Waals surface area contributed by atoms with Crippen LogP contribution in [0.5, 0.6) is 0 Å². The summed E-state index contributed by atoms with van der Waals surface area (Å²) in [5, 5.41) is 13.5. The van der Waals surface area contributed by atoms with E-state index in [-0.39, 0.29) is 0 Å². The van der Waals surface area contributed by atoms with E-state index in [2.05, 4.69) is 5.32 Å². The maximum absolute atomic E-state index is 13.4. The van der Waals surface area contributed by atoms with Crippen LogP contribution in [0.25, 0.3) is 0 Å². The van der Waals surface area contributed by atoms with Crippen LogP contribution in [0.1, 0.15) is 25.7 Å². The van der Waals surface area contributed by atoms with E-state index in [4.69, 9.17) is 0 Å². The molecule has 1 fully saturated rings. The topological polar surface area (TPSA) is 78.4 Å². The first kappa shape index (κ1) is 14.2. The Kier molecular flexibility index (Phi) is 3.87. The van der Waals surface area contributed by atoms with Gasteiger partial charge in [-0.05, 0) is 25.0 Å². The van der Waals surface area contributed by atoms with Gasteiger partial charge >= 0.3 is 12.0 Å². The maximum Gasteiger partial charge on any atom is 0.329 e. The summed E-state index contributed by atoms with van der Waals surface area (Å²) in [5.41, 5.74) is -1.95. The molecule has 0 saturated heterocycles. The Morgan fingerprint density at radius 2 is 1.70 bits per heavy atom. The number of halogens is 2. The average Bonchev–Trinajstić information content (AvgIpc) is 2.84. The van der Waals surface area contributed by atoms with E-state index in [9.17, 15) is 23.5 Å². The van der Waals surface area contributed by atoms with E-state index >= 15 is 0 Å². The lowest BCUT2D eigenvalue weighted by Gasteiger charge is -2.25. The number of carboxylic acid groups (broad SMARTS) is 1. The number of benzene rings is 1. The molecule has 7 heteroatoms. The van der Waals surface area contributed by atoms with Gasteiger partial charge in [0.25, 0.3) is 0 Å². The summed E-state index contributed by atoms with van der Waals surface area (Å²) in [7, 11) is 0. The number of carboxylic acids is 1. The van der Waals surface area contributed by atoms with Crippen LogP contribution >= 0.6 is 0 Å². The van der Waals surface area contributed by atoms with Crippen molar-refractivity contribution < 1.29 is 23.5 Å². The lowest BCUT2D eigenvalue weighted by Crippen LogP contribution is -2.53. The number of hydrogen-bond acceptors (Lipinski definition) is 2. The fraction of sp³-hybridized carbons (Fsp3) is 0.385. The van der Waals surface area contributed by atoms with Crippen LogP contribution in [-0.4, -0.2) is 22.6 Å². The molecule has 108 valence electrons. The second-order valence-electron chi connectivity index (χ2n) is 4.77. The number of carbonyl (C=O) groups is 2. The maximum atomic E-state index is 13.4. The molecule has 0 spiro atoms. The number of nitrogens with one attached hydrogen (secondary N) is 2. The molecular weight excluding hydrogens is 270 g/mol. The molecule has 1 aliphatic carbocycles. The lowest BCUT2D eigenvalue weighted by molar-refractivity contribution is -0.144. The van der Waals surface area contributed by atoms with Crippen molar-refractivity contribution in [3.63, 3.8) is 0 Å². The Bertz CT molecular complexity index is 522. The van der Waals surface area contributed by atoms with Crippen LogP contribution in [-0.2, 0) is 4.79 Å². The highest BCUT2D eigenvalue weighted by Crippen LogP contribution is 2.30. The zero-order chi connectivity index (χ0) is 14.8. The highest BCUT2D eigenvalue weighted by atomic mass is 19.1. The first-order valence-corrected chi connectivity index (χ1v) is 6.21. The van der Waals surface area contributed by atoms with Gasteiger partial charge in [0.05, 0.1) is 0 Å². The molecule has 2 amide bonds. The van der Waals surface area contributed by atoms with E-state index in [0.29, 0.717) is 25.7 Å². The van der Waals surface area contributed by atoms with Gasteiger partial charge in [0.15, 0.2) is 0 Å². The Morgan fingerprint density at radius 3 is 2.20 bits per heavy atom. The fourth-order valence-electron chi connectivity index (χ4n) is 2.35. The second-order valence-corrected chi connectivity index (χ2v) is 4.77. The molecule has 2 rings (SSSR count). The summed E-state index contributed by atoms with van der Waals surface area (Å²) in [6.45, 7) is 0. The van der Waals surface area contributed by atoms with E-state index in [1.54, 1.807) is 0 Å². The number of aliphatic carboxylic acids is 1. The van der Waals surface area contributed by atoms with Crippen molar-refractivity contribution in [2.45, 2.75) is 31.2 Å². The number of hydrogen-bond donors (Lipinski definition) is 3. The number of anilines is 1. The van der Waals surface area contributed by atoms with E-state index in [1.807, 2.05) is 5.32 Å². The summed E-state index contributed by atoms with van der Waals surface area (Å²) >= 11 is 0. The van der Waals surface area contributed by atoms with Crippen LogP contribution in [0.15, 0.2) is 18.2 Å². The van der Waals surface area contributed by atoms with Crippen LogP contribution in [0, 0.1) is 11.6 Å². The Morgan fingerprint density at radius 1 is 1.15 bits per heavy atom. The fourth-order valence-corrected chi connectivity index (χ4v) is 2.35. The molecule has 1 saturated carbocycles. The number of para-hydroxylation sites is 1. The second kappa shape index (κ2) is 5.44. The first-order chi connectivity index (χ1) is 9.44. The Balaban J connectivity index is 2.11. The lowest BCUT2D eigenvalue weighted by atomic mass is 9.98. The molecule has 1 aromatic carbocycles. The third-order valence-corrected chi connectivity index (χ3v) is 3.42. The Labute approximate surface area is 114 Å². The van der Waals surface area contributed by atoms with Crippen LogP contribution in [0.3, 0.4) is 0 Å². The minimum atomic E-state index is -1.36. The molecular formula is C13H14F2N2O3. The minimum absolute atomic E-state index is 0.301. The minimum Gasteiger partial charge on any atom is -0.480 e. The van der Waals surface area contributed by atoms with Gasteiger partial charge in [-0.25, -0.2) is 18.4 Å². The number of carbonyl (C=O) groups excluding carboxylic acids is 1. The van der Waals surface area contributed by atoms with E-state index < -0.39 is 34.9 Å². The van der Waals surface area contributed by atoms with Gasteiger partial charge in [-0.1, -0.05) is 18.9 Å². The third-order valence-electron chi connectivity index (χ3n) is 3.42. The molecule has 0 unspecified atom stereocenters. The van der Waals surface area contributed by atoms with Crippen LogP contribution in [0.4, 0.5) is 19.3 Å². The monoisotopic (exact) mass is 284 g/mol. The molecule has 1 aliphatic rings. The standard InChI is InChI=1S/C13H14F2N2O3/c14-8-4-3-5-9(15)10(8)16-12(20)17-13(11(18)19)6-1-2-7-13/h3-5H,1-2,6-7H2,(H,18,19)(H2,16,17,20). The summed E-state index contributed by atoms with van der Waals surface area (Å²) in [5.74, 6) is -2.98. The number of urea groups is 1. The normalized spacial score (nSPS) is 16.7. The van der Waals surface area contributed by atoms with E-state index in [1.165, 1.54) is 6.07 Å². The van der Waals surface area contributed by atoms with Crippen molar-refractivity contribution in [1.82, 2.24) is 5.32 Å². The SMILES string of the molecule is O=C(Nc1c(F)cccc1F)NC1(C(=O)O)CCCC1. The van der Waals surface area contributed by atoms with Gasteiger partial charge in [0.2, 0.25) is 0 Å². The van der Waals surface area contributed by atoms with Crippen LogP contribution < -0.4 is 10.6 Å². The first-order valence-electron chi connectivity index (χ1n) is 6.21. The van der Waals surface area contributed by atoms with E-state index in [0.717, 1.165) is 12.1 Å². The van der Waals surface area contributed by atoms with Gasteiger partial charge in [-0.15, -0.1) is 0 Å². The molecule has 0 atom stereocenters. The zero-order valence-corrected chi connectivity index (χ0v) is 10.6. The average molecular weight is 284 g/mol. The van der Waals surface area contributed by atoms with Crippen molar-refractivity contribution in [1.29, 1.82) is 0 Å². The molecule has 1 aromatic rings.